The number of ether oxygens (including phenoxy) is 4. The minimum atomic E-state index is -0.539. The number of carbonyl (C=O) groups excluding carboxylic acids is 1. The molecule has 1 aliphatic rings. The van der Waals surface area contributed by atoms with Crippen LogP contribution in [0.25, 0.3) is 6.08 Å². The molecule has 1 aliphatic heterocycles. The number of phenolic OH excluding ortho intramolecular Hbond substituents is 1. The van der Waals surface area contributed by atoms with Crippen LogP contribution < -0.4 is 18.9 Å². The Hall–Kier alpha value is -3.19. The molecule has 7 heteroatoms. The van der Waals surface area contributed by atoms with Crippen molar-refractivity contribution < 1.29 is 34.0 Å². The monoisotopic (exact) mass is 386 g/mol. The summed E-state index contributed by atoms with van der Waals surface area (Å²) in [5, 5.41) is 20.2. The minimum Gasteiger partial charge on any atom is -0.502 e. The Morgan fingerprint density at radius 3 is 2.21 bits per heavy atom. The number of aliphatic hydroxyl groups excluding tert-OH is 1. The molecule has 0 saturated heterocycles. The number of hydrogen-bond acceptors (Lipinski definition) is 7. The third-order valence-electron chi connectivity index (χ3n) is 4.73. The van der Waals surface area contributed by atoms with Crippen molar-refractivity contribution in [1.29, 1.82) is 0 Å². The van der Waals surface area contributed by atoms with Gasteiger partial charge >= 0.3 is 0 Å². The van der Waals surface area contributed by atoms with Gasteiger partial charge in [0.1, 0.15) is 12.4 Å². The highest BCUT2D eigenvalue weighted by Gasteiger charge is 2.38. The third-order valence-corrected chi connectivity index (χ3v) is 4.73. The van der Waals surface area contributed by atoms with Crippen molar-refractivity contribution in [3.05, 3.63) is 47.0 Å². The van der Waals surface area contributed by atoms with Crippen molar-refractivity contribution >= 4 is 12.4 Å². The maximum Gasteiger partial charge on any atom is 0.200 e. The zero-order chi connectivity index (χ0) is 20.3. The highest BCUT2D eigenvalue weighted by atomic mass is 16.5. The molecule has 28 heavy (non-hydrogen) atoms. The highest BCUT2D eigenvalue weighted by molar-refractivity contribution is 5.75. The normalized spacial score (nSPS) is 17.9. The summed E-state index contributed by atoms with van der Waals surface area (Å²) >= 11 is 0. The Kier molecular flexibility index (Phi) is 5.75. The number of benzene rings is 2. The number of aliphatic hydroxyl groups is 1. The minimum absolute atomic E-state index is 0.108. The Labute approximate surface area is 162 Å². The fourth-order valence-corrected chi connectivity index (χ4v) is 3.39. The molecule has 0 radical (unpaired) electrons. The predicted octanol–water partition coefficient (Wildman–Crippen LogP) is 2.84. The lowest BCUT2D eigenvalue weighted by molar-refractivity contribution is -0.104. The number of methoxy groups -OCH3 is 3. The summed E-state index contributed by atoms with van der Waals surface area (Å²) in [4.78, 5) is 10.6. The van der Waals surface area contributed by atoms with Crippen molar-refractivity contribution in [3.8, 4) is 28.7 Å². The van der Waals surface area contributed by atoms with Gasteiger partial charge in [-0.15, -0.1) is 0 Å². The van der Waals surface area contributed by atoms with Gasteiger partial charge in [-0.25, -0.2) is 0 Å². The van der Waals surface area contributed by atoms with E-state index >= 15 is 0 Å². The van der Waals surface area contributed by atoms with Crippen LogP contribution in [0.5, 0.6) is 28.7 Å². The molecule has 1 heterocycles. The zero-order valence-electron chi connectivity index (χ0n) is 15.8. The van der Waals surface area contributed by atoms with Gasteiger partial charge in [0.05, 0.1) is 33.9 Å². The average molecular weight is 386 g/mol. The average Bonchev–Trinajstić information content (AvgIpc) is 3.10. The van der Waals surface area contributed by atoms with Crippen LogP contribution in [0.2, 0.25) is 0 Å². The second-order valence-corrected chi connectivity index (χ2v) is 6.24. The lowest BCUT2D eigenvalue weighted by Gasteiger charge is -2.20. The summed E-state index contributed by atoms with van der Waals surface area (Å²) in [7, 11) is 4.42. The molecule has 0 saturated carbocycles. The number of aldehydes is 1. The van der Waals surface area contributed by atoms with Crippen LogP contribution >= 0.6 is 0 Å². The van der Waals surface area contributed by atoms with Crippen molar-refractivity contribution in [3.63, 3.8) is 0 Å². The van der Waals surface area contributed by atoms with E-state index in [9.17, 15) is 15.0 Å². The molecule has 7 nitrogen and oxygen atoms in total. The Morgan fingerprint density at radius 2 is 1.68 bits per heavy atom. The molecule has 0 spiro atoms. The van der Waals surface area contributed by atoms with Crippen LogP contribution in [-0.4, -0.2) is 44.4 Å². The Morgan fingerprint density at radius 1 is 1.04 bits per heavy atom. The largest absolute Gasteiger partial charge is 0.502 e. The van der Waals surface area contributed by atoms with Gasteiger partial charge in [-0.2, -0.15) is 0 Å². The van der Waals surface area contributed by atoms with Gasteiger partial charge < -0.3 is 29.2 Å². The maximum absolute atomic E-state index is 10.6. The van der Waals surface area contributed by atoms with Crippen LogP contribution in [0.1, 0.15) is 28.7 Å². The first-order valence-electron chi connectivity index (χ1n) is 8.64. The van der Waals surface area contributed by atoms with Crippen molar-refractivity contribution in [1.82, 2.24) is 0 Å². The number of aromatic hydroxyl groups is 1. The number of phenols is 1. The lowest BCUT2D eigenvalue weighted by atomic mass is 9.90. The van der Waals surface area contributed by atoms with E-state index in [-0.39, 0.29) is 29.8 Å². The van der Waals surface area contributed by atoms with Crippen LogP contribution in [0.3, 0.4) is 0 Å². The second kappa shape index (κ2) is 8.22. The van der Waals surface area contributed by atoms with E-state index in [0.717, 1.165) is 11.1 Å². The molecule has 148 valence electrons. The van der Waals surface area contributed by atoms with Gasteiger partial charge in [0, 0.05) is 11.1 Å². The zero-order valence-corrected chi connectivity index (χ0v) is 15.8. The first-order valence-corrected chi connectivity index (χ1v) is 8.64. The molecular formula is C21H22O7. The molecule has 0 amide bonds. The van der Waals surface area contributed by atoms with Gasteiger partial charge in [-0.05, 0) is 35.9 Å². The molecule has 2 aromatic carbocycles. The number of fused-ring (bicyclic) bond motifs is 1. The molecule has 0 aliphatic carbocycles. The highest BCUT2D eigenvalue weighted by Crippen LogP contribution is 2.52. The molecule has 3 rings (SSSR count). The molecular weight excluding hydrogens is 364 g/mol. The fraction of sp³-hybridized carbons (Fsp3) is 0.286. The fourth-order valence-electron chi connectivity index (χ4n) is 3.39. The van der Waals surface area contributed by atoms with Crippen LogP contribution in [0.4, 0.5) is 0 Å². The van der Waals surface area contributed by atoms with E-state index in [2.05, 4.69) is 0 Å². The Bertz CT molecular complexity index is 879. The standard InChI is InChI=1S/C21H22O7/c1-25-16-9-13(10-17(26-2)19(16)24)20-15(11-23)14-7-12(5-4-6-22)8-18(27-3)21(14)28-20/h4-10,15,20,23-24H,11H2,1-3H3/b5-4+/t15-,20+/m1/s1. The topological polar surface area (TPSA) is 94.5 Å². The number of carbonyl (C=O) groups is 1. The summed E-state index contributed by atoms with van der Waals surface area (Å²) in [6.45, 7) is -0.173. The first kappa shape index (κ1) is 19.6. The van der Waals surface area contributed by atoms with Crippen LogP contribution in [0, 0.1) is 0 Å². The molecule has 0 fully saturated rings. The molecule has 0 unspecified atom stereocenters. The molecule has 0 bridgehead atoms. The van der Waals surface area contributed by atoms with E-state index in [1.807, 2.05) is 6.07 Å². The molecule has 0 aromatic heterocycles. The van der Waals surface area contributed by atoms with E-state index in [1.165, 1.54) is 27.4 Å². The first-order chi connectivity index (χ1) is 13.6. The lowest BCUT2D eigenvalue weighted by Crippen LogP contribution is -2.13. The van der Waals surface area contributed by atoms with Gasteiger partial charge in [0.25, 0.3) is 0 Å². The maximum atomic E-state index is 10.6. The second-order valence-electron chi connectivity index (χ2n) is 6.24. The van der Waals surface area contributed by atoms with Gasteiger partial charge in [-0.3, -0.25) is 4.79 Å². The van der Waals surface area contributed by atoms with Gasteiger partial charge in [0.15, 0.2) is 23.0 Å². The van der Waals surface area contributed by atoms with E-state index in [0.29, 0.717) is 23.3 Å². The van der Waals surface area contributed by atoms with E-state index in [1.54, 1.807) is 24.3 Å². The summed E-state index contributed by atoms with van der Waals surface area (Å²) in [6, 6.07) is 6.91. The van der Waals surface area contributed by atoms with Gasteiger partial charge in [0.2, 0.25) is 5.75 Å². The molecule has 2 N–H and O–H groups in total. The summed E-state index contributed by atoms with van der Waals surface area (Å²) < 4.78 is 22.0. The summed E-state index contributed by atoms with van der Waals surface area (Å²) in [5.74, 6) is 1.03. The van der Waals surface area contributed by atoms with Crippen LogP contribution in [0.15, 0.2) is 30.3 Å². The quantitative estimate of drug-likeness (QED) is 0.558. The Balaban J connectivity index is 2.10. The smallest absolute Gasteiger partial charge is 0.200 e. The molecule has 2 atom stereocenters. The van der Waals surface area contributed by atoms with Crippen LogP contribution in [-0.2, 0) is 4.79 Å². The number of allylic oxidation sites excluding steroid dienone is 1. The van der Waals surface area contributed by atoms with Crippen molar-refractivity contribution in [2.75, 3.05) is 27.9 Å². The SMILES string of the molecule is COc1cc([C@@H]2Oc3c(OC)cc(/C=C/C=O)cc3[C@H]2CO)cc(OC)c1O. The summed E-state index contributed by atoms with van der Waals surface area (Å²) in [5.41, 5.74) is 2.20. The summed E-state index contributed by atoms with van der Waals surface area (Å²) in [6.07, 6.45) is 3.20. The third kappa shape index (κ3) is 3.36. The molecule has 2 aromatic rings. The van der Waals surface area contributed by atoms with E-state index in [4.69, 9.17) is 18.9 Å². The van der Waals surface area contributed by atoms with Gasteiger partial charge in [-0.1, -0.05) is 6.08 Å². The van der Waals surface area contributed by atoms with Crippen molar-refractivity contribution in [2.45, 2.75) is 12.0 Å². The number of rotatable bonds is 7. The number of hydrogen-bond donors (Lipinski definition) is 2. The predicted molar refractivity (Wildman–Crippen MR) is 102 cm³/mol. The van der Waals surface area contributed by atoms with Crippen molar-refractivity contribution in [2.24, 2.45) is 0 Å². The van der Waals surface area contributed by atoms with E-state index < -0.39 is 6.10 Å².